The van der Waals surface area contributed by atoms with E-state index in [4.69, 9.17) is 0 Å². The van der Waals surface area contributed by atoms with Gasteiger partial charge in [0, 0.05) is 18.5 Å². The van der Waals surface area contributed by atoms with Gasteiger partial charge >= 0.3 is 0 Å². The average Bonchev–Trinajstić information content (AvgIpc) is 2.47. The van der Waals surface area contributed by atoms with Gasteiger partial charge < -0.3 is 5.32 Å². The number of aromatic nitrogens is 3. The molecule has 0 amide bonds. The van der Waals surface area contributed by atoms with Gasteiger partial charge in [0.2, 0.25) is 0 Å². The summed E-state index contributed by atoms with van der Waals surface area (Å²) in [6.07, 6.45) is 1.54. The van der Waals surface area contributed by atoms with Crippen molar-refractivity contribution < 1.29 is 0 Å². The van der Waals surface area contributed by atoms with Crippen LogP contribution in [-0.2, 0) is 0 Å². The number of nitrogens with zero attached hydrogens (tertiary/aromatic N) is 3. The average molecular weight is 236 g/mol. The first kappa shape index (κ1) is 10.7. The minimum Gasteiger partial charge on any atom is -0.373 e. The maximum absolute atomic E-state index is 4.60. The lowest BCUT2D eigenvalue weighted by atomic mass is 10.2. The molecule has 88 valence electrons. The second-order valence-electron chi connectivity index (χ2n) is 3.93. The number of anilines is 1. The fraction of sp³-hybridized carbons (Fsp3) is 0.0714. The van der Waals surface area contributed by atoms with E-state index < -0.39 is 0 Å². The van der Waals surface area contributed by atoms with Crippen molar-refractivity contribution in [3.8, 4) is 11.4 Å². The third kappa shape index (κ3) is 1.88. The molecule has 0 fully saturated rings. The van der Waals surface area contributed by atoms with Gasteiger partial charge in [-0.1, -0.05) is 24.3 Å². The lowest BCUT2D eigenvalue weighted by Crippen LogP contribution is -1.95. The van der Waals surface area contributed by atoms with Crippen molar-refractivity contribution in [2.45, 2.75) is 0 Å². The van der Waals surface area contributed by atoms with Gasteiger partial charge in [0.15, 0.2) is 0 Å². The molecule has 4 nitrogen and oxygen atoms in total. The van der Waals surface area contributed by atoms with Crippen molar-refractivity contribution in [1.82, 2.24) is 15.0 Å². The van der Waals surface area contributed by atoms with Crippen molar-refractivity contribution in [2.75, 3.05) is 12.4 Å². The van der Waals surface area contributed by atoms with Crippen molar-refractivity contribution in [1.29, 1.82) is 0 Å². The first-order valence-electron chi connectivity index (χ1n) is 5.73. The van der Waals surface area contributed by atoms with Crippen LogP contribution in [0.3, 0.4) is 0 Å². The molecule has 0 aliphatic heterocycles. The molecule has 0 spiro atoms. The number of para-hydroxylation sites is 1. The topological polar surface area (TPSA) is 50.7 Å². The molecule has 0 aliphatic carbocycles. The Bertz CT molecular complexity index is 694. The summed E-state index contributed by atoms with van der Waals surface area (Å²) >= 11 is 0. The van der Waals surface area contributed by atoms with Crippen molar-refractivity contribution in [3.63, 3.8) is 0 Å². The lowest BCUT2D eigenvalue weighted by molar-refractivity contribution is 1.15. The normalized spacial score (nSPS) is 10.5. The van der Waals surface area contributed by atoms with Gasteiger partial charge in [-0.05, 0) is 12.1 Å². The summed E-state index contributed by atoms with van der Waals surface area (Å²) in [6.45, 7) is 0. The molecular weight excluding hydrogens is 224 g/mol. The van der Waals surface area contributed by atoms with E-state index in [0.717, 1.165) is 28.1 Å². The molecule has 2 aromatic heterocycles. The quantitative estimate of drug-likeness (QED) is 0.743. The van der Waals surface area contributed by atoms with Gasteiger partial charge in [-0.2, -0.15) is 0 Å². The summed E-state index contributed by atoms with van der Waals surface area (Å²) in [5.41, 5.74) is 2.65. The predicted molar refractivity (Wildman–Crippen MR) is 72.3 cm³/mol. The first-order chi connectivity index (χ1) is 8.86. The van der Waals surface area contributed by atoms with Gasteiger partial charge in [-0.25, -0.2) is 15.0 Å². The van der Waals surface area contributed by atoms with Crippen LogP contribution < -0.4 is 5.32 Å². The Hall–Kier alpha value is -2.49. The molecule has 3 aromatic rings. The molecule has 0 bridgehead atoms. The zero-order chi connectivity index (χ0) is 12.4. The fourth-order valence-corrected chi connectivity index (χ4v) is 1.84. The van der Waals surface area contributed by atoms with Crippen LogP contribution in [0.2, 0.25) is 0 Å². The monoisotopic (exact) mass is 236 g/mol. The summed E-state index contributed by atoms with van der Waals surface area (Å²) in [7, 11) is 1.83. The van der Waals surface area contributed by atoms with Gasteiger partial charge in [0.05, 0.1) is 16.9 Å². The summed E-state index contributed by atoms with van der Waals surface area (Å²) in [5.74, 6) is 0.787. The number of nitrogens with one attached hydrogen (secondary N) is 1. The highest BCUT2D eigenvalue weighted by atomic mass is 15.0. The minimum atomic E-state index is 0.787. The van der Waals surface area contributed by atoms with Crippen LogP contribution in [0.4, 0.5) is 5.82 Å². The molecule has 0 atom stereocenters. The van der Waals surface area contributed by atoms with Crippen LogP contribution in [0, 0.1) is 0 Å². The van der Waals surface area contributed by atoms with Crippen molar-refractivity contribution in [3.05, 3.63) is 48.8 Å². The highest BCUT2D eigenvalue weighted by Gasteiger charge is 2.03. The molecule has 0 saturated carbocycles. The van der Waals surface area contributed by atoms with Gasteiger partial charge in [0.1, 0.15) is 12.1 Å². The molecule has 0 saturated heterocycles. The van der Waals surface area contributed by atoms with Gasteiger partial charge in [-0.3, -0.25) is 0 Å². The Morgan fingerprint density at radius 1 is 0.944 bits per heavy atom. The van der Waals surface area contributed by atoms with E-state index in [1.807, 2.05) is 43.4 Å². The maximum atomic E-state index is 4.60. The molecule has 1 N–H and O–H groups in total. The first-order valence-corrected chi connectivity index (χ1v) is 5.73. The van der Waals surface area contributed by atoms with E-state index in [0.29, 0.717) is 0 Å². The Kier molecular flexibility index (Phi) is 2.61. The maximum Gasteiger partial charge on any atom is 0.129 e. The summed E-state index contributed by atoms with van der Waals surface area (Å²) in [4.78, 5) is 12.9. The summed E-state index contributed by atoms with van der Waals surface area (Å²) in [5, 5.41) is 4.12. The second-order valence-corrected chi connectivity index (χ2v) is 3.93. The zero-order valence-corrected chi connectivity index (χ0v) is 9.96. The lowest BCUT2D eigenvalue weighted by Gasteiger charge is -2.04. The largest absolute Gasteiger partial charge is 0.373 e. The summed E-state index contributed by atoms with van der Waals surface area (Å²) < 4.78 is 0. The highest BCUT2D eigenvalue weighted by Crippen LogP contribution is 2.20. The van der Waals surface area contributed by atoms with E-state index in [1.54, 1.807) is 0 Å². The zero-order valence-electron chi connectivity index (χ0n) is 9.96. The minimum absolute atomic E-state index is 0.787. The van der Waals surface area contributed by atoms with E-state index in [9.17, 15) is 0 Å². The van der Waals surface area contributed by atoms with Crippen molar-refractivity contribution >= 4 is 16.7 Å². The second kappa shape index (κ2) is 4.41. The van der Waals surface area contributed by atoms with Crippen LogP contribution in [0.15, 0.2) is 48.8 Å². The van der Waals surface area contributed by atoms with E-state index >= 15 is 0 Å². The molecule has 18 heavy (non-hydrogen) atoms. The third-order valence-electron chi connectivity index (χ3n) is 2.78. The molecule has 3 rings (SSSR count). The predicted octanol–water partition coefficient (Wildman–Crippen LogP) is 2.73. The van der Waals surface area contributed by atoms with Gasteiger partial charge in [-0.15, -0.1) is 0 Å². The highest BCUT2D eigenvalue weighted by molar-refractivity contribution is 5.81. The van der Waals surface area contributed by atoms with Crippen LogP contribution in [-0.4, -0.2) is 22.0 Å². The third-order valence-corrected chi connectivity index (χ3v) is 2.78. The Morgan fingerprint density at radius 3 is 2.72 bits per heavy atom. The number of pyridine rings is 1. The Balaban J connectivity index is 2.13. The van der Waals surface area contributed by atoms with Crippen LogP contribution in [0.5, 0.6) is 0 Å². The van der Waals surface area contributed by atoms with Crippen LogP contribution in [0.1, 0.15) is 0 Å². The SMILES string of the molecule is CNc1cc(-c2ccc3ccccc3n2)ncn1. The molecule has 0 aliphatic rings. The molecule has 0 unspecified atom stereocenters. The Morgan fingerprint density at radius 2 is 1.83 bits per heavy atom. The Labute approximate surface area is 105 Å². The molecular formula is C14H12N4. The molecule has 0 radical (unpaired) electrons. The smallest absolute Gasteiger partial charge is 0.129 e. The number of benzene rings is 1. The number of rotatable bonds is 2. The fourth-order valence-electron chi connectivity index (χ4n) is 1.84. The summed E-state index contributed by atoms with van der Waals surface area (Å²) in [6, 6.07) is 14.0. The standard InChI is InChI=1S/C14H12N4/c1-15-14-8-13(16-9-17-14)12-7-6-10-4-2-3-5-11(10)18-12/h2-9H,1H3,(H,15,16,17). The molecule has 1 aromatic carbocycles. The van der Waals surface area contributed by atoms with Gasteiger partial charge in [0.25, 0.3) is 0 Å². The molecule has 4 heteroatoms. The number of hydrogen-bond acceptors (Lipinski definition) is 4. The van der Waals surface area contributed by atoms with E-state index in [2.05, 4.69) is 26.3 Å². The number of fused-ring (bicyclic) bond motifs is 1. The molecule has 2 heterocycles. The van der Waals surface area contributed by atoms with Crippen molar-refractivity contribution in [2.24, 2.45) is 0 Å². The van der Waals surface area contributed by atoms with E-state index in [1.165, 1.54) is 6.33 Å². The van der Waals surface area contributed by atoms with E-state index in [-0.39, 0.29) is 0 Å². The van der Waals surface area contributed by atoms with Crippen LogP contribution in [0.25, 0.3) is 22.3 Å². The number of hydrogen-bond donors (Lipinski definition) is 1. The van der Waals surface area contributed by atoms with Crippen LogP contribution >= 0.6 is 0 Å².